The number of rotatable bonds is 10. The lowest BCUT2D eigenvalue weighted by atomic mass is 9.96. The molecule has 0 aliphatic carbocycles. The van der Waals surface area contributed by atoms with Crippen LogP contribution in [0.3, 0.4) is 0 Å². The van der Waals surface area contributed by atoms with Gasteiger partial charge in [-0.2, -0.15) is 0 Å². The van der Waals surface area contributed by atoms with E-state index in [2.05, 4.69) is 5.32 Å². The summed E-state index contributed by atoms with van der Waals surface area (Å²) in [5, 5.41) is 11.6. The first-order valence-electron chi connectivity index (χ1n) is 7.43. The molecule has 2 amide bonds. The first-order valence-corrected chi connectivity index (χ1v) is 8.41. The number of hydrogen-bond donors (Lipinski definition) is 2. The second-order valence-electron chi connectivity index (χ2n) is 5.20. The first kappa shape index (κ1) is 17.8. The zero-order valence-corrected chi connectivity index (χ0v) is 13.3. The maximum absolute atomic E-state index is 11.7. The van der Waals surface area contributed by atoms with E-state index in [0.717, 1.165) is 25.1 Å². The Morgan fingerprint density at radius 2 is 2.14 bits per heavy atom. The van der Waals surface area contributed by atoms with E-state index in [1.54, 1.807) is 4.90 Å². The molecule has 1 aliphatic heterocycles. The van der Waals surface area contributed by atoms with Crippen LogP contribution < -0.4 is 5.32 Å². The van der Waals surface area contributed by atoms with Crippen molar-refractivity contribution >= 4 is 28.9 Å². The third-order valence-electron chi connectivity index (χ3n) is 3.67. The minimum Gasteiger partial charge on any atom is -0.481 e. The normalized spacial score (nSPS) is 16.0. The third-order valence-corrected chi connectivity index (χ3v) is 4.56. The fraction of sp³-hybridized carbons (Fsp3) is 0.786. The standard InChI is InChI=1S/C14H24N2O4S/c1-2-11(3-4-13(18)19)5-7-15-12(17)6-8-16-9-10-21-14(16)20/h11H,2-10H2,1H3,(H,15,17)(H,18,19). The summed E-state index contributed by atoms with van der Waals surface area (Å²) in [6.07, 6.45) is 2.89. The first-order chi connectivity index (χ1) is 10.0. The van der Waals surface area contributed by atoms with Crippen LogP contribution >= 0.6 is 11.8 Å². The summed E-state index contributed by atoms with van der Waals surface area (Å²) in [6.45, 7) is 3.81. The second-order valence-corrected chi connectivity index (χ2v) is 6.24. The summed E-state index contributed by atoms with van der Waals surface area (Å²) in [7, 11) is 0. The molecule has 1 unspecified atom stereocenters. The van der Waals surface area contributed by atoms with Gasteiger partial charge in [0.15, 0.2) is 0 Å². The molecule has 6 nitrogen and oxygen atoms in total. The van der Waals surface area contributed by atoms with Crippen LogP contribution in [0.1, 0.15) is 39.0 Å². The van der Waals surface area contributed by atoms with E-state index in [9.17, 15) is 14.4 Å². The highest BCUT2D eigenvalue weighted by Crippen LogP contribution is 2.17. The number of nitrogens with zero attached hydrogens (tertiary/aromatic N) is 1. The average molecular weight is 316 g/mol. The zero-order valence-electron chi connectivity index (χ0n) is 12.5. The van der Waals surface area contributed by atoms with Crippen molar-refractivity contribution in [2.24, 2.45) is 5.92 Å². The van der Waals surface area contributed by atoms with Gasteiger partial charge in [-0.05, 0) is 18.8 Å². The molecule has 1 heterocycles. The number of carbonyl (C=O) groups is 3. The minimum absolute atomic E-state index is 0.0483. The van der Waals surface area contributed by atoms with Crippen LogP contribution in [0, 0.1) is 5.92 Å². The molecule has 0 bridgehead atoms. The van der Waals surface area contributed by atoms with Crippen LogP contribution in [0.25, 0.3) is 0 Å². The summed E-state index contributed by atoms with van der Waals surface area (Å²) in [6, 6.07) is 0. The van der Waals surface area contributed by atoms with Crippen LogP contribution in [-0.2, 0) is 9.59 Å². The topological polar surface area (TPSA) is 86.7 Å². The Kier molecular flexibility index (Phi) is 8.19. The number of aliphatic carboxylic acids is 1. The Bertz CT molecular complexity index is 376. The zero-order chi connectivity index (χ0) is 15.7. The van der Waals surface area contributed by atoms with Gasteiger partial charge in [-0.1, -0.05) is 25.1 Å². The van der Waals surface area contributed by atoms with Gasteiger partial charge in [-0.15, -0.1) is 0 Å². The van der Waals surface area contributed by atoms with Crippen molar-refractivity contribution in [3.05, 3.63) is 0 Å². The van der Waals surface area contributed by atoms with Gasteiger partial charge >= 0.3 is 5.97 Å². The summed E-state index contributed by atoms with van der Waals surface area (Å²) in [4.78, 5) is 35.3. The number of carboxylic acid groups (broad SMARTS) is 1. The molecular formula is C14H24N2O4S. The Morgan fingerprint density at radius 1 is 1.38 bits per heavy atom. The van der Waals surface area contributed by atoms with E-state index in [0.29, 0.717) is 31.8 Å². The highest BCUT2D eigenvalue weighted by molar-refractivity contribution is 8.13. The largest absolute Gasteiger partial charge is 0.481 e. The van der Waals surface area contributed by atoms with Crippen molar-refractivity contribution < 1.29 is 19.5 Å². The quantitative estimate of drug-likeness (QED) is 0.643. The van der Waals surface area contributed by atoms with E-state index < -0.39 is 5.97 Å². The molecule has 1 atom stereocenters. The number of hydrogen-bond acceptors (Lipinski definition) is 4. The molecule has 7 heteroatoms. The number of thioether (sulfide) groups is 1. The number of amides is 2. The summed E-state index contributed by atoms with van der Waals surface area (Å²) in [5.41, 5.74) is 0. The van der Waals surface area contributed by atoms with Gasteiger partial charge in [0.1, 0.15) is 0 Å². The maximum atomic E-state index is 11.7. The van der Waals surface area contributed by atoms with Crippen molar-refractivity contribution in [1.29, 1.82) is 0 Å². The molecule has 0 aromatic heterocycles. The Morgan fingerprint density at radius 3 is 2.71 bits per heavy atom. The fourth-order valence-corrected chi connectivity index (χ4v) is 3.10. The average Bonchev–Trinajstić information content (AvgIpc) is 2.85. The molecule has 1 saturated heterocycles. The molecular weight excluding hydrogens is 292 g/mol. The molecule has 0 saturated carbocycles. The summed E-state index contributed by atoms with van der Waals surface area (Å²) >= 11 is 1.30. The van der Waals surface area contributed by atoms with E-state index in [1.807, 2.05) is 6.92 Å². The Hall–Kier alpha value is -1.24. The second kappa shape index (κ2) is 9.65. The molecule has 120 valence electrons. The van der Waals surface area contributed by atoms with Gasteiger partial charge < -0.3 is 15.3 Å². The molecule has 0 spiro atoms. The van der Waals surface area contributed by atoms with E-state index in [4.69, 9.17) is 5.11 Å². The van der Waals surface area contributed by atoms with Gasteiger partial charge in [0.2, 0.25) is 5.91 Å². The maximum Gasteiger partial charge on any atom is 0.303 e. The molecule has 0 aromatic carbocycles. The monoisotopic (exact) mass is 316 g/mol. The molecule has 1 fully saturated rings. The number of carboxylic acids is 1. The van der Waals surface area contributed by atoms with Crippen molar-refractivity contribution in [2.45, 2.75) is 39.0 Å². The van der Waals surface area contributed by atoms with Gasteiger partial charge in [-0.25, -0.2) is 0 Å². The molecule has 1 aliphatic rings. The summed E-state index contributed by atoms with van der Waals surface area (Å²) in [5.74, 6) is 0.318. The predicted octanol–water partition coefficient (Wildman–Crippen LogP) is 1.94. The van der Waals surface area contributed by atoms with Gasteiger partial charge in [0.05, 0.1) is 0 Å². The predicted molar refractivity (Wildman–Crippen MR) is 82.3 cm³/mol. The lowest BCUT2D eigenvalue weighted by Gasteiger charge is -2.16. The third kappa shape index (κ3) is 7.36. The van der Waals surface area contributed by atoms with Crippen LogP contribution in [-0.4, -0.2) is 52.5 Å². The van der Waals surface area contributed by atoms with Crippen LogP contribution in [0.4, 0.5) is 4.79 Å². The van der Waals surface area contributed by atoms with Crippen molar-refractivity contribution in [3.63, 3.8) is 0 Å². The summed E-state index contributed by atoms with van der Waals surface area (Å²) < 4.78 is 0. The fourth-order valence-electron chi connectivity index (χ4n) is 2.25. The van der Waals surface area contributed by atoms with Crippen LogP contribution in [0.15, 0.2) is 0 Å². The Labute approximate surface area is 129 Å². The highest BCUT2D eigenvalue weighted by atomic mass is 32.2. The molecule has 0 aromatic rings. The molecule has 21 heavy (non-hydrogen) atoms. The van der Waals surface area contributed by atoms with E-state index in [-0.39, 0.29) is 17.6 Å². The van der Waals surface area contributed by atoms with E-state index >= 15 is 0 Å². The lowest BCUT2D eigenvalue weighted by Crippen LogP contribution is -2.31. The molecule has 2 N–H and O–H groups in total. The van der Waals surface area contributed by atoms with Crippen molar-refractivity contribution in [1.82, 2.24) is 10.2 Å². The highest BCUT2D eigenvalue weighted by Gasteiger charge is 2.21. The van der Waals surface area contributed by atoms with Crippen molar-refractivity contribution in [2.75, 3.05) is 25.4 Å². The molecule has 1 rings (SSSR count). The number of carbonyl (C=O) groups excluding carboxylic acids is 2. The smallest absolute Gasteiger partial charge is 0.303 e. The van der Waals surface area contributed by atoms with E-state index in [1.165, 1.54) is 11.8 Å². The van der Waals surface area contributed by atoms with Gasteiger partial charge in [-0.3, -0.25) is 14.4 Å². The van der Waals surface area contributed by atoms with Gasteiger partial charge in [0.25, 0.3) is 5.24 Å². The van der Waals surface area contributed by atoms with Crippen LogP contribution in [0.5, 0.6) is 0 Å². The molecule has 0 radical (unpaired) electrons. The van der Waals surface area contributed by atoms with Crippen LogP contribution in [0.2, 0.25) is 0 Å². The number of nitrogens with one attached hydrogen (secondary N) is 1. The van der Waals surface area contributed by atoms with Crippen molar-refractivity contribution in [3.8, 4) is 0 Å². The lowest BCUT2D eigenvalue weighted by molar-refractivity contribution is -0.137. The minimum atomic E-state index is -0.773. The SMILES string of the molecule is CCC(CCNC(=O)CCN1CCSC1=O)CCC(=O)O. The Balaban J connectivity index is 2.11. The van der Waals surface area contributed by atoms with Gasteiger partial charge in [0, 0.05) is 38.2 Å².